The Kier molecular flexibility index (Phi) is 4.11. The Hall–Kier alpha value is -2.67. The van der Waals surface area contributed by atoms with Crippen molar-refractivity contribution in [3.63, 3.8) is 0 Å². The topological polar surface area (TPSA) is 75.2 Å². The molecule has 0 aliphatic carbocycles. The number of anilines is 1. The Morgan fingerprint density at radius 3 is 2.46 bits per heavy atom. The maximum atomic E-state index is 12.0. The lowest BCUT2D eigenvalue weighted by atomic mass is 10.1. The van der Waals surface area contributed by atoms with Crippen molar-refractivity contribution >= 4 is 30.3 Å². The number of hydrogen-bond acceptors (Lipinski definition) is 6. The molecule has 6 nitrogen and oxygen atoms in total. The summed E-state index contributed by atoms with van der Waals surface area (Å²) in [6, 6.07) is 7.52. The molecule has 0 radical (unpaired) electrons. The number of aromatic nitrogens is 2. The highest BCUT2D eigenvalue weighted by molar-refractivity contribution is 7.80. The minimum absolute atomic E-state index is 0.378. The molecule has 0 atom stereocenters. The van der Waals surface area contributed by atoms with Crippen molar-refractivity contribution in [2.45, 2.75) is 25.7 Å². The molecule has 24 heavy (non-hydrogen) atoms. The monoisotopic (exact) mass is 340 g/mol. The summed E-state index contributed by atoms with van der Waals surface area (Å²) in [4.78, 5) is 33.3. The first kappa shape index (κ1) is 16.2. The van der Waals surface area contributed by atoms with Crippen LogP contribution in [0.25, 0.3) is 11.3 Å². The van der Waals surface area contributed by atoms with Gasteiger partial charge in [-0.25, -0.2) is 9.97 Å². The van der Waals surface area contributed by atoms with Gasteiger partial charge < -0.3 is 0 Å². The molecular formula is C17H16N4O2S. The van der Waals surface area contributed by atoms with Crippen molar-refractivity contribution in [2.75, 3.05) is 5.43 Å². The average molecular weight is 340 g/mol. The number of hydrogen-bond donors (Lipinski definition) is 2. The van der Waals surface area contributed by atoms with Gasteiger partial charge in [0.05, 0.1) is 5.69 Å². The van der Waals surface area contributed by atoms with Gasteiger partial charge >= 0.3 is 0 Å². The molecule has 2 aromatic rings. The van der Waals surface area contributed by atoms with Crippen molar-refractivity contribution in [3.05, 3.63) is 47.3 Å². The van der Waals surface area contributed by atoms with E-state index in [0.29, 0.717) is 22.9 Å². The molecule has 0 saturated heterocycles. The van der Waals surface area contributed by atoms with E-state index in [1.54, 1.807) is 19.9 Å². The Balaban J connectivity index is 1.94. The number of carbonyl (C=O) groups excluding carboxylic acids is 2. The highest BCUT2D eigenvalue weighted by Gasteiger charge is 2.29. The van der Waals surface area contributed by atoms with Crippen molar-refractivity contribution in [3.8, 4) is 11.3 Å². The van der Waals surface area contributed by atoms with Crippen LogP contribution < -0.4 is 5.43 Å². The van der Waals surface area contributed by atoms with Gasteiger partial charge in [-0.05, 0) is 32.4 Å². The minimum atomic E-state index is -0.414. The summed E-state index contributed by atoms with van der Waals surface area (Å²) in [5.74, 6) is 0.109. The third-order valence-corrected chi connectivity index (χ3v) is 4.15. The zero-order valence-corrected chi connectivity index (χ0v) is 14.4. The number of benzene rings is 1. The lowest BCUT2D eigenvalue weighted by molar-refractivity contribution is -0.135. The molecular weight excluding hydrogens is 324 g/mol. The molecule has 1 N–H and O–H groups in total. The van der Waals surface area contributed by atoms with Crippen LogP contribution in [0.4, 0.5) is 5.82 Å². The molecule has 2 amide bonds. The largest absolute Gasteiger partial charge is 0.275 e. The van der Waals surface area contributed by atoms with Crippen molar-refractivity contribution in [1.82, 2.24) is 15.0 Å². The molecule has 0 fully saturated rings. The number of carbonyl (C=O) groups is 2. The van der Waals surface area contributed by atoms with Crippen LogP contribution in [0, 0.1) is 13.8 Å². The molecule has 0 saturated carbocycles. The molecule has 1 aromatic heterocycles. The number of thiol groups is 1. The van der Waals surface area contributed by atoms with Crippen LogP contribution in [-0.4, -0.2) is 26.8 Å². The maximum Gasteiger partial charge on any atom is 0.275 e. The van der Waals surface area contributed by atoms with E-state index in [4.69, 9.17) is 0 Å². The van der Waals surface area contributed by atoms with E-state index in [2.05, 4.69) is 28.0 Å². The van der Waals surface area contributed by atoms with E-state index in [1.807, 2.05) is 25.1 Å². The van der Waals surface area contributed by atoms with Gasteiger partial charge in [-0.1, -0.05) is 12.1 Å². The molecule has 122 valence electrons. The summed E-state index contributed by atoms with van der Waals surface area (Å²) in [6.45, 7) is 5.32. The lowest BCUT2D eigenvalue weighted by Crippen LogP contribution is -2.36. The Labute approximate surface area is 145 Å². The van der Waals surface area contributed by atoms with Gasteiger partial charge in [0.25, 0.3) is 11.8 Å². The van der Waals surface area contributed by atoms with Crippen LogP contribution in [0.15, 0.2) is 40.8 Å². The number of aryl methyl sites for hydroxylation is 2. The van der Waals surface area contributed by atoms with Crippen LogP contribution in [0.3, 0.4) is 0 Å². The summed E-state index contributed by atoms with van der Waals surface area (Å²) in [5.41, 5.74) is 5.78. The summed E-state index contributed by atoms with van der Waals surface area (Å²) < 4.78 is 0. The van der Waals surface area contributed by atoms with Crippen LogP contribution in [-0.2, 0) is 9.59 Å². The molecule has 0 bridgehead atoms. The number of rotatable bonds is 3. The molecule has 2 heterocycles. The zero-order chi connectivity index (χ0) is 17.4. The fourth-order valence-electron chi connectivity index (χ4n) is 2.35. The number of nitrogens with one attached hydrogen (secondary N) is 1. The molecule has 1 aliphatic heterocycles. The fourth-order valence-corrected chi connectivity index (χ4v) is 2.56. The van der Waals surface area contributed by atoms with Gasteiger partial charge in [0.15, 0.2) is 0 Å². The van der Waals surface area contributed by atoms with E-state index in [9.17, 15) is 9.59 Å². The average Bonchev–Trinajstić information content (AvgIpc) is 2.76. The summed E-state index contributed by atoms with van der Waals surface area (Å²) >= 11 is 4.43. The van der Waals surface area contributed by atoms with Gasteiger partial charge in [0.2, 0.25) is 0 Å². The first-order valence-electron chi connectivity index (χ1n) is 7.34. The number of nitrogens with zero attached hydrogens (tertiary/aromatic N) is 3. The van der Waals surface area contributed by atoms with Crippen LogP contribution in [0.2, 0.25) is 0 Å². The van der Waals surface area contributed by atoms with E-state index < -0.39 is 5.91 Å². The van der Waals surface area contributed by atoms with Crippen molar-refractivity contribution < 1.29 is 9.59 Å². The highest BCUT2D eigenvalue weighted by Crippen LogP contribution is 2.25. The Morgan fingerprint density at radius 1 is 1.08 bits per heavy atom. The van der Waals surface area contributed by atoms with E-state index >= 15 is 0 Å². The molecule has 7 heteroatoms. The standard InChI is InChI=1S/C17H16N4O2S/c1-9-4-5-12(7-14(9)24)13-8-15(19-11(3)18-13)20-21-16(22)6-10(2)17(21)23/h4-8,24H,1-3H3,(H,18,19,20). The lowest BCUT2D eigenvalue weighted by Gasteiger charge is -2.17. The first-order valence-corrected chi connectivity index (χ1v) is 7.79. The second-order valence-electron chi connectivity index (χ2n) is 5.60. The van der Waals surface area contributed by atoms with Crippen molar-refractivity contribution in [1.29, 1.82) is 0 Å². The zero-order valence-electron chi connectivity index (χ0n) is 13.5. The second kappa shape index (κ2) is 6.09. The summed E-state index contributed by atoms with van der Waals surface area (Å²) in [6.07, 6.45) is 1.29. The second-order valence-corrected chi connectivity index (χ2v) is 6.09. The summed E-state index contributed by atoms with van der Waals surface area (Å²) in [5, 5.41) is 0.945. The minimum Gasteiger partial charge on any atom is -0.271 e. The highest BCUT2D eigenvalue weighted by atomic mass is 32.1. The molecule has 0 unspecified atom stereocenters. The smallest absolute Gasteiger partial charge is 0.271 e. The van der Waals surface area contributed by atoms with E-state index in [-0.39, 0.29) is 5.91 Å². The molecule has 1 aromatic carbocycles. The molecule has 1 aliphatic rings. The van der Waals surface area contributed by atoms with Crippen LogP contribution in [0.1, 0.15) is 18.3 Å². The fraction of sp³-hybridized carbons (Fsp3) is 0.176. The van der Waals surface area contributed by atoms with Gasteiger partial charge in [-0.3, -0.25) is 15.0 Å². The molecule has 0 spiro atoms. The predicted octanol–water partition coefficient (Wildman–Crippen LogP) is 2.69. The van der Waals surface area contributed by atoms with E-state index in [0.717, 1.165) is 21.0 Å². The Morgan fingerprint density at radius 2 is 1.83 bits per heavy atom. The Bertz CT molecular complexity index is 892. The van der Waals surface area contributed by atoms with Gasteiger partial charge in [-0.2, -0.15) is 5.01 Å². The third kappa shape index (κ3) is 3.03. The predicted molar refractivity (Wildman–Crippen MR) is 93.4 cm³/mol. The number of imide groups is 1. The van der Waals surface area contributed by atoms with E-state index in [1.165, 1.54) is 6.08 Å². The summed E-state index contributed by atoms with van der Waals surface area (Å²) in [7, 11) is 0. The maximum absolute atomic E-state index is 12.0. The van der Waals surface area contributed by atoms with Gasteiger partial charge in [0, 0.05) is 28.2 Å². The van der Waals surface area contributed by atoms with Gasteiger partial charge in [0.1, 0.15) is 11.6 Å². The third-order valence-electron chi connectivity index (χ3n) is 3.67. The van der Waals surface area contributed by atoms with Gasteiger partial charge in [-0.15, -0.1) is 12.6 Å². The van der Waals surface area contributed by atoms with Crippen LogP contribution in [0.5, 0.6) is 0 Å². The molecule has 3 rings (SSSR count). The first-order chi connectivity index (χ1) is 11.3. The number of amides is 2. The quantitative estimate of drug-likeness (QED) is 0.664. The number of hydrazine groups is 1. The normalized spacial score (nSPS) is 14.2. The SMILES string of the molecule is CC1=CC(=O)N(Nc2cc(-c3ccc(C)c(S)c3)nc(C)n2)C1=O. The van der Waals surface area contributed by atoms with Crippen LogP contribution >= 0.6 is 12.6 Å². The van der Waals surface area contributed by atoms with Crippen molar-refractivity contribution in [2.24, 2.45) is 0 Å².